The van der Waals surface area contributed by atoms with E-state index in [-0.39, 0.29) is 0 Å². The van der Waals surface area contributed by atoms with Crippen LogP contribution in [0, 0.1) is 18.3 Å². The summed E-state index contributed by atoms with van der Waals surface area (Å²) in [6, 6.07) is 13.6. The summed E-state index contributed by atoms with van der Waals surface area (Å²) < 4.78 is 11.6. The Balaban J connectivity index is 1.62. The zero-order valence-electron chi connectivity index (χ0n) is 17.4. The second-order valence-electron chi connectivity index (χ2n) is 7.41. The molecule has 0 aromatic heterocycles. The van der Waals surface area contributed by atoms with Crippen molar-refractivity contribution in [3.63, 3.8) is 0 Å². The summed E-state index contributed by atoms with van der Waals surface area (Å²) in [6.07, 6.45) is 5.89. The molecule has 0 radical (unpaired) electrons. The highest BCUT2D eigenvalue weighted by Crippen LogP contribution is 2.32. The van der Waals surface area contributed by atoms with Crippen LogP contribution in [0.1, 0.15) is 41.5 Å². The van der Waals surface area contributed by atoms with Crippen molar-refractivity contribution < 1.29 is 9.47 Å². The highest BCUT2D eigenvalue weighted by molar-refractivity contribution is 5.81. The van der Waals surface area contributed by atoms with E-state index in [0.29, 0.717) is 17.9 Å². The Kier molecular flexibility index (Phi) is 7.66. The van der Waals surface area contributed by atoms with Crippen LogP contribution in [0.5, 0.6) is 11.5 Å². The van der Waals surface area contributed by atoms with Crippen molar-refractivity contribution in [1.29, 1.82) is 5.26 Å². The van der Waals surface area contributed by atoms with Gasteiger partial charge < -0.3 is 14.4 Å². The van der Waals surface area contributed by atoms with Crippen molar-refractivity contribution in [2.75, 3.05) is 33.3 Å². The minimum Gasteiger partial charge on any atom is -0.493 e. The molecule has 2 aromatic carbocycles. The summed E-state index contributed by atoms with van der Waals surface area (Å²) in [5.74, 6) is 1.42. The van der Waals surface area contributed by atoms with Crippen LogP contribution in [0.2, 0.25) is 0 Å². The molecule has 5 nitrogen and oxygen atoms in total. The molecule has 0 atom stereocenters. The molecule has 152 valence electrons. The molecule has 0 aliphatic carbocycles. The molecule has 0 amide bonds. The Morgan fingerprint density at radius 2 is 2.00 bits per heavy atom. The van der Waals surface area contributed by atoms with E-state index in [9.17, 15) is 0 Å². The molecule has 1 aliphatic rings. The van der Waals surface area contributed by atoms with Gasteiger partial charge in [-0.15, -0.1) is 0 Å². The monoisotopic (exact) mass is 391 g/mol. The number of hydrogen-bond acceptors (Lipinski definition) is 5. The molecule has 29 heavy (non-hydrogen) atoms. The zero-order chi connectivity index (χ0) is 20.5. The minimum atomic E-state index is 0.385. The van der Waals surface area contributed by atoms with Gasteiger partial charge in [0, 0.05) is 12.8 Å². The summed E-state index contributed by atoms with van der Waals surface area (Å²) in [4.78, 5) is 7.09. The summed E-state index contributed by atoms with van der Waals surface area (Å²) in [6.45, 7) is 6.63. The van der Waals surface area contributed by atoms with Crippen molar-refractivity contribution in [3.05, 3.63) is 58.7 Å². The predicted octanol–water partition coefficient (Wildman–Crippen LogP) is 4.36. The SMILES string of the molecule is COc1cc(C=NCCN2CCCCC2)cc(C)c1OCc1cccc(C#N)c1. The lowest BCUT2D eigenvalue weighted by molar-refractivity contribution is 0.235. The van der Waals surface area contributed by atoms with Crippen molar-refractivity contribution in [2.24, 2.45) is 4.99 Å². The number of aryl methyl sites for hydroxylation is 1. The van der Waals surface area contributed by atoms with Gasteiger partial charge in [-0.2, -0.15) is 5.26 Å². The van der Waals surface area contributed by atoms with E-state index in [1.165, 1.54) is 32.4 Å². The molecular weight excluding hydrogens is 362 g/mol. The van der Waals surface area contributed by atoms with E-state index in [2.05, 4.69) is 22.0 Å². The van der Waals surface area contributed by atoms with Crippen molar-refractivity contribution in [2.45, 2.75) is 32.8 Å². The summed E-state index contributed by atoms with van der Waals surface area (Å²) in [5.41, 5.74) is 3.59. The fraction of sp³-hybridized carbons (Fsp3) is 0.417. The van der Waals surface area contributed by atoms with E-state index in [1.807, 2.05) is 37.4 Å². The number of likely N-dealkylation sites (tertiary alicyclic amines) is 1. The lowest BCUT2D eigenvalue weighted by Gasteiger charge is -2.25. The van der Waals surface area contributed by atoms with Crippen LogP contribution in [0.4, 0.5) is 0 Å². The van der Waals surface area contributed by atoms with E-state index < -0.39 is 0 Å². The normalized spacial score (nSPS) is 14.7. The number of nitrogens with zero attached hydrogens (tertiary/aromatic N) is 3. The Morgan fingerprint density at radius 1 is 1.17 bits per heavy atom. The molecule has 0 bridgehead atoms. The van der Waals surface area contributed by atoms with Crippen LogP contribution in [0.3, 0.4) is 0 Å². The van der Waals surface area contributed by atoms with E-state index in [4.69, 9.17) is 14.7 Å². The molecule has 0 N–H and O–H groups in total. The quantitative estimate of drug-likeness (QED) is 0.628. The van der Waals surface area contributed by atoms with Gasteiger partial charge >= 0.3 is 0 Å². The van der Waals surface area contributed by atoms with E-state index in [0.717, 1.165) is 35.5 Å². The molecule has 0 unspecified atom stereocenters. The second kappa shape index (κ2) is 10.6. The van der Waals surface area contributed by atoms with Crippen LogP contribution in [0.25, 0.3) is 0 Å². The molecule has 3 rings (SSSR count). The third kappa shape index (κ3) is 6.07. The van der Waals surface area contributed by atoms with Gasteiger partial charge in [0.05, 0.1) is 25.3 Å². The molecule has 1 aliphatic heterocycles. The number of benzene rings is 2. The van der Waals surface area contributed by atoms with Gasteiger partial charge in [0.2, 0.25) is 0 Å². The fourth-order valence-corrected chi connectivity index (χ4v) is 3.62. The standard InChI is InChI=1S/C24H29N3O2/c1-19-13-22(17-26-9-12-27-10-4-3-5-11-27)15-23(28-2)24(19)29-18-21-8-6-7-20(14-21)16-25/h6-8,13-15,17H,3-5,9-12,18H2,1-2H3. The first kappa shape index (κ1) is 20.9. The summed E-state index contributed by atoms with van der Waals surface area (Å²) in [5, 5.41) is 9.04. The first-order valence-electron chi connectivity index (χ1n) is 10.2. The van der Waals surface area contributed by atoms with Gasteiger partial charge in [0.15, 0.2) is 11.5 Å². The molecule has 1 fully saturated rings. The van der Waals surface area contributed by atoms with Crippen LogP contribution < -0.4 is 9.47 Å². The van der Waals surface area contributed by atoms with Crippen LogP contribution >= 0.6 is 0 Å². The lowest BCUT2D eigenvalue weighted by atomic mass is 10.1. The molecule has 1 heterocycles. The molecule has 0 saturated carbocycles. The molecule has 5 heteroatoms. The number of hydrogen-bond donors (Lipinski definition) is 0. The van der Waals surface area contributed by atoms with Gasteiger partial charge in [0.25, 0.3) is 0 Å². The number of ether oxygens (including phenoxy) is 2. The molecule has 1 saturated heterocycles. The maximum Gasteiger partial charge on any atom is 0.164 e. The number of aliphatic imine (C=N–C) groups is 1. The van der Waals surface area contributed by atoms with E-state index in [1.54, 1.807) is 13.2 Å². The van der Waals surface area contributed by atoms with Crippen molar-refractivity contribution in [1.82, 2.24) is 4.90 Å². The maximum atomic E-state index is 9.04. The predicted molar refractivity (Wildman–Crippen MR) is 116 cm³/mol. The minimum absolute atomic E-state index is 0.385. The van der Waals surface area contributed by atoms with Gasteiger partial charge in [-0.25, -0.2) is 0 Å². The molecular formula is C24H29N3O2. The Hall–Kier alpha value is -2.84. The highest BCUT2D eigenvalue weighted by atomic mass is 16.5. The third-order valence-electron chi connectivity index (χ3n) is 5.16. The average molecular weight is 392 g/mol. The zero-order valence-corrected chi connectivity index (χ0v) is 17.4. The highest BCUT2D eigenvalue weighted by Gasteiger charge is 2.11. The largest absolute Gasteiger partial charge is 0.493 e. The van der Waals surface area contributed by atoms with Gasteiger partial charge in [-0.3, -0.25) is 4.99 Å². The van der Waals surface area contributed by atoms with Crippen LogP contribution in [-0.4, -0.2) is 44.4 Å². The molecule has 0 spiro atoms. The smallest absolute Gasteiger partial charge is 0.164 e. The second-order valence-corrected chi connectivity index (χ2v) is 7.41. The summed E-state index contributed by atoms with van der Waals surface area (Å²) in [7, 11) is 1.65. The summed E-state index contributed by atoms with van der Waals surface area (Å²) >= 11 is 0. The van der Waals surface area contributed by atoms with Crippen molar-refractivity contribution >= 4 is 6.21 Å². The third-order valence-corrected chi connectivity index (χ3v) is 5.16. The first-order valence-corrected chi connectivity index (χ1v) is 10.2. The average Bonchev–Trinajstić information content (AvgIpc) is 2.76. The Bertz CT molecular complexity index is 880. The van der Waals surface area contributed by atoms with Crippen LogP contribution in [-0.2, 0) is 6.61 Å². The van der Waals surface area contributed by atoms with Gasteiger partial charge in [-0.05, 0) is 73.8 Å². The Morgan fingerprint density at radius 3 is 2.76 bits per heavy atom. The van der Waals surface area contributed by atoms with Crippen molar-refractivity contribution in [3.8, 4) is 17.6 Å². The van der Waals surface area contributed by atoms with Gasteiger partial charge in [0.1, 0.15) is 6.61 Å². The number of piperidine rings is 1. The number of rotatable bonds is 8. The lowest BCUT2D eigenvalue weighted by Crippen LogP contribution is -2.31. The molecule has 2 aromatic rings. The van der Waals surface area contributed by atoms with Crippen LogP contribution in [0.15, 0.2) is 41.4 Å². The maximum absolute atomic E-state index is 9.04. The number of nitriles is 1. The van der Waals surface area contributed by atoms with Gasteiger partial charge in [-0.1, -0.05) is 18.6 Å². The fourth-order valence-electron chi connectivity index (χ4n) is 3.62. The first-order chi connectivity index (χ1) is 14.2. The topological polar surface area (TPSA) is 57.9 Å². The van der Waals surface area contributed by atoms with E-state index >= 15 is 0 Å². The Labute approximate surface area is 173 Å². The number of methoxy groups -OCH3 is 1.